The molecular weight excluding hydrogens is 562 g/mol. The van der Waals surface area contributed by atoms with Gasteiger partial charge in [0.1, 0.15) is 48.7 Å². The van der Waals surface area contributed by atoms with Crippen molar-refractivity contribution in [3.05, 3.63) is 0 Å². The molecule has 2 heterocycles. The molecule has 0 saturated carbocycles. The molecule has 2 rings (SSSR count). The van der Waals surface area contributed by atoms with Crippen LogP contribution in [0.5, 0.6) is 0 Å². The average molecular weight is 600 g/mol. The van der Waals surface area contributed by atoms with E-state index in [2.05, 4.69) is 10.6 Å². The van der Waals surface area contributed by atoms with Crippen LogP contribution in [-0.4, -0.2) is 157 Å². The molecule has 19 nitrogen and oxygen atoms in total. The lowest BCUT2D eigenvalue weighted by Crippen LogP contribution is -2.69. The molecule has 0 spiro atoms. The molecule has 1 unspecified atom stereocenters. The van der Waals surface area contributed by atoms with Crippen LogP contribution in [0.2, 0.25) is 0 Å². The molecule has 0 aliphatic carbocycles. The lowest BCUT2D eigenvalue weighted by molar-refractivity contribution is -0.330. The van der Waals surface area contributed by atoms with Crippen molar-refractivity contribution in [3.63, 3.8) is 0 Å². The summed E-state index contributed by atoms with van der Waals surface area (Å²) in [6, 6.07) is -4.40. The lowest BCUT2D eigenvalue weighted by Gasteiger charge is -2.47. The fourth-order valence-corrected chi connectivity index (χ4v) is 4.36. The second-order valence-corrected chi connectivity index (χ2v) is 9.72. The highest BCUT2D eigenvalue weighted by Gasteiger charge is 2.57. The van der Waals surface area contributed by atoms with Crippen LogP contribution in [-0.2, 0) is 38.1 Å². The Bertz CT molecular complexity index is 941. The van der Waals surface area contributed by atoms with Gasteiger partial charge in [0.15, 0.2) is 6.29 Å². The van der Waals surface area contributed by atoms with E-state index in [1.54, 1.807) is 0 Å². The van der Waals surface area contributed by atoms with E-state index in [9.17, 15) is 54.9 Å². The van der Waals surface area contributed by atoms with Gasteiger partial charge >= 0.3 is 11.9 Å². The zero-order valence-electron chi connectivity index (χ0n) is 22.1. The highest BCUT2D eigenvalue weighted by molar-refractivity contribution is 5.76. The molecule has 236 valence electrons. The topological polar surface area (TPSA) is 317 Å². The number of carbonyl (C=O) groups is 4. The van der Waals surface area contributed by atoms with Gasteiger partial charge in [0, 0.05) is 20.3 Å². The number of nitrogens with one attached hydrogen (secondary N) is 2. The molecule has 2 aliphatic heterocycles. The monoisotopic (exact) mass is 599 g/mol. The van der Waals surface area contributed by atoms with Gasteiger partial charge < -0.3 is 76.2 Å². The van der Waals surface area contributed by atoms with Crippen molar-refractivity contribution in [1.82, 2.24) is 10.6 Å². The first-order valence-electron chi connectivity index (χ1n) is 12.4. The van der Waals surface area contributed by atoms with Crippen molar-refractivity contribution < 1.29 is 79.0 Å². The molecule has 2 fully saturated rings. The molecule has 41 heavy (non-hydrogen) atoms. The molecule has 0 bridgehead atoms. The summed E-state index contributed by atoms with van der Waals surface area (Å²) in [5.41, 5.74) is 5.42. The predicted octanol–water partition coefficient (Wildman–Crippen LogP) is -6.47. The van der Waals surface area contributed by atoms with Gasteiger partial charge in [-0.2, -0.15) is 0 Å². The summed E-state index contributed by atoms with van der Waals surface area (Å²) >= 11 is 0. The predicted molar refractivity (Wildman–Crippen MR) is 128 cm³/mol. The third kappa shape index (κ3) is 8.49. The lowest BCUT2D eigenvalue weighted by atomic mass is 9.88. The summed E-state index contributed by atoms with van der Waals surface area (Å²) in [7, 11) is 0. The van der Waals surface area contributed by atoms with Crippen LogP contribution in [0, 0.1) is 0 Å². The first-order valence-corrected chi connectivity index (χ1v) is 12.4. The number of aliphatic hydroxyl groups excluding tert-OH is 6. The fourth-order valence-electron chi connectivity index (χ4n) is 4.36. The summed E-state index contributed by atoms with van der Waals surface area (Å²) in [4.78, 5) is 46.6. The Hall–Kier alpha value is -2.56. The van der Waals surface area contributed by atoms with Crippen LogP contribution in [0.1, 0.15) is 20.3 Å². The van der Waals surface area contributed by atoms with E-state index in [-0.39, 0.29) is 0 Å². The summed E-state index contributed by atoms with van der Waals surface area (Å²) in [6.45, 7) is -0.378. The van der Waals surface area contributed by atoms with Crippen molar-refractivity contribution in [3.8, 4) is 0 Å². The Labute approximate surface area is 232 Å². The summed E-state index contributed by atoms with van der Waals surface area (Å²) < 4.78 is 21.8. The Morgan fingerprint density at radius 3 is 2.12 bits per heavy atom. The molecule has 12 atom stereocenters. The standard InChI is InChI=1S/C22H37N3O16/c1-7(27)24-13-10(29)3-22(21(36)37,41-18(13)15(31)11(30)4-26)39-6-12-16(32)17(33)14(25-8(2)28)20(40-12)38-5-9(23)19(34)35/h9-18,20,26,29-33H,3-6,23H2,1-2H3,(H,24,27)(H,25,28)(H,34,35)(H,36,37)/t9?,10-,11+,12+,13+,14+,15+,16-,17+,18+,20-,22+/m0/s1. The van der Waals surface area contributed by atoms with Gasteiger partial charge in [-0.25, -0.2) is 4.79 Å². The maximum Gasteiger partial charge on any atom is 0.364 e. The number of aliphatic carboxylic acids is 2. The van der Waals surface area contributed by atoms with E-state index in [1.165, 1.54) is 0 Å². The molecule has 12 N–H and O–H groups in total. The fraction of sp³-hybridized carbons (Fsp3) is 0.818. The van der Waals surface area contributed by atoms with E-state index >= 15 is 0 Å². The highest BCUT2D eigenvalue weighted by Crippen LogP contribution is 2.34. The number of nitrogens with two attached hydrogens (primary N) is 1. The number of hydrogen-bond donors (Lipinski definition) is 11. The Kier molecular flexibility index (Phi) is 12.3. The quantitative estimate of drug-likeness (QED) is 0.0937. The number of amides is 2. The van der Waals surface area contributed by atoms with Crippen molar-refractivity contribution in [2.24, 2.45) is 5.73 Å². The molecule has 0 aromatic carbocycles. The van der Waals surface area contributed by atoms with Crippen LogP contribution < -0.4 is 16.4 Å². The molecule has 0 aromatic rings. The van der Waals surface area contributed by atoms with Gasteiger partial charge in [-0.3, -0.25) is 14.4 Å². The first-order chi connectivity index (χ1) is 19.0. The van der Waals surface area contributed by atoms with Gasteiger partial charge in [-0.15, -0.1) is 0 Å². The normalized spacial score (nSPS) is 36.0. The van der Waals surface area contributed by atoms with E-state index in [0.717, 1.165) is 13.8 Å². The second-order valence-electron chi connectivity index (χ2n) is 9.72. The van der Waals surface area contributed by atoms with Crippen LogP contribution in [0.4, 0.5) is 0 Å². The number of ether oxygens (including phenoxy) is 4. The molecule has 0 aromatic heterocycles. The maximum absolute atomic E-state index is 12.3. The van der Waals surface area contributed by atoms with Gasteiger partial charge in [-0.1, -0.05) is 0 Å². The third-order valence-corrected chi connectivity index (χ3v) is 6.50. The van der Waals surface area contributed by atoms with Crippen LogP contribution in [0.3, 0.4) is 0 Å². The molecule has 2 aliphatic rings. The minimum Gasteiger partial charge on any atom is -0.480 e. The SMILES string of the molecule is CC(=O)N[C@H]1[C@@H](OCC(N)C(=O)O)O[C@H](CO[C@]2(C(=O)O)C[C@H](O)[C@@H](NC(C)=O)[C@H]([C@H](O)[C@H](O)CO)O2)[C@H](O)[C@@H]1O. The van der Waals surface area contributed by atoms with Gasteiger partial charge in [-0.05, 0) is 0 Å². The van der Waals surface area contributed by atoms with Crippen LogP contribution in [0.25, 0.3) is 0 Å². The zero-order valence-corrected chi connectivity index (χ0v) is 22.1. The zero-order chi connectivity index (χ0) is 31.2. The van der Waals surface area contributed by atoms with Crippen LogP contribution in [0.15, 0.2) is 0 Å². The Balaban J connectivity index is 2.31. The molecule has 2 amide bonds. The average Bonchev–Trinajstić information content (AvgIpc) is 2.89. The second kappa shape index (κ2) is 14.6. The molecule has 2 saturated heterocycles. The number of aliphatic hydroxyl groups is 6. The van der Waals surface area contributed by atoms with Crippen molar-refractivity contribution in [1.29, 1.82) is 0 Å². The Morgan fingerprint density at radius 2 is 1.61 bits per heavy atom. The third-order valence-electron chi connectivity index (χ3n) is 6.50. The van der Waals surface area contributed by atoms with E-state index in [1.807, 2.05) is 0 Å². The minimum absolute atomic E-state index is 0.655. The summed E-state index contributed by atoms with van der Waals surface area (Å²) in [6.07, 6.45) is -15.2. The molecule has 19 heteroatoms. The minimum atomic E-state index is -2.78. The number of carboxylic acids is 2. The van der Waals surface area contributed by atoms with Crippen molar-refractivity contribution in [2.75, 3.05) is 19.8 Å². The highest BCUT2D eigenvalue weighted by atomic mass is 16.7. The largest absolute Gasteiger partial charge is 0.480 e. The smallest absolute Gasteiger partial charge is 0.364 e. The van der Waals surface area contributed by atoms with Crippen LogP contribution >= 0.6 is 0 Å². The van der Waals surface area contributed by atoms with E-state index in [4.69, 9.17) is 29.8 Å². The number of carbonyl (C=O) groups excluding carboxylic acids is 2. The molecular formula is C22H37N3O16. The Morgan fingerprint density at radius 1 is 1.02 bits per heavy atom. The number of hydrogen-bond acceptors (Lipinski definition) is 15. The van der Waals surface area contributed by atoms with Crippen molar-refractivity contribution in [2.45, 2.75) is 93.2 Å². The van der Waals surface area contributed by atoms with Crippen molar-refractivity contribution >= 4 is 23.8 Å². The van der Waals surface area contributed by atoms with Gasteiger partial charge in [0.05, 0.1) is 32.0 Å². The first kappa shape index (κ1) is 34.6. The van der Waals surface area contributed by atoms with Gasteiger partial charge in [0.25, 0.3) is 5.79 Å². The number of carboxylic acid groups (broad SMARTS) is 2. The molecule has 0 radical (unpaired) electrons. The number of rotatable bonds is 13. The maximum atomic E-state index is 12.3. The summed E-state index contributed by atoms with van der Waals surface area (Å²) in [5, 5.41) is 85.1. The summed E-state index contributed by atoms with van der Waals surface area (Å²) in [5.74, 6) is -7.43. The van der Waals surface area contributed by atoms with E-state index < -0.39 is 123 Å². The van der Waals surface area contributed by atoms with Gasteiger partial charge in [0.2, 0.25) is 11.8 Å². The van der Waals surface area contributed by atoms with E-state index in [0.29, 0.717) is 0 Å².